The van der Waals surface area contributed by atoms with Gasteiger partial charge in [0.05, 0.1) is 18.3 Å². The van der Waals surface area contributed by atoms with Gasteiger partial charge in [-0.2, -0.15) is 5.10 Å². The molecule has 0 saturated carbocycles. The molecule has 1 saturated heterocycles. The highest BCUT2D eigenvalue weighted by molar-refractivity contribution is 5.82. The highest BCUT2D eigenvalue weighted by Gasteiger charge is 2.28. The molecular weight excluding hydrogens is 244 g/mol. The molecule has 1 amide bonds. The minimum atomic E-state index is -0.111. The molecule has 6 nitrogen and oxygen atoms in total. The summed E-state index contributed by atoms with van der Waals surface area (Å²) in [5, 5.41) is 13.0. The third kappa shape index (κ3) is 3.78. The van der Waals surface area contributed by atoms with Crippen LogP contribution in [0, 0.1) is 6.92 Å². The molecule has 2 atom stereocenters. The summed E-state index contributed by atoms with van der Waals surface area (Å²) in [5.74, 6) is 0.0727. The van der Waals surface area contributed by atoms with Crippen molar-refractivity contribution in [3.63, 3.8) is 0 Å². The minimum Gasteiger partial charge on any atom is -0.380 e. The summed E-state index contributed by atoms with van der Waals surface area (Å²) >= 11 is 0. The van der Waals surface area contributed by atoms with Gasteiger partial charge >= 0.3 is 0 Å². The Morgan fingerprint density at radius 1 is 1.63 bits per heavy atom. The van der Waals surface area contributed by atoms with E-state index < -0.39 is 0 Å². The average molecular weight is 266 g/mol. The average Bonchev–Trinajstić information content (AvgIpc) is 3.03. The molecule has 0 spiro atoms. The first-order valence-corrected chi connectivity index (χ1v) is 6.73. The zero-order valence-corrected chi connectivity index (χ0v) is 11.5. The lowest BCUT2D eigenvalue weighted by Gasteiger charge is -2.11. The van der Waals surface area contributed by atoms with Gasteiger partial charge in [-0.1, -0.05) is 0 Å². The van der Waals surface area contributed by atoms with Crippen molar-refractivity contribution in [3.05, 3.63) is 17.5 Å². The first-order valence-electron chi connectivity index (χ1n) is 6.73. The minimum absolute atomic E-state index is 0.0727. The Morgan fingerprint density at radius 2 is 2.47 bits per heavy atom. The lowest BCUT2D eigenvalue weighted by atomic mass is 10.1. The first kappa shape index (κ1) is 14.0. The largest absolute Gasteiger partial charge is 0.380 e. The maximum atomic E-state index is 11.9. The van der Waals surface area contributed by atoms with Crippen molar-refractivity contribution in [1.82, 2.24) is 20.8 Å². The van der Waals surface area contributed by atoms with Gasteiger partial charge in [-0.25, -0.2) is 0 Å². The third-order valence-corrected chi connectivity index (χ3v) is 3.60. The van der Waals surface area contributed by atoms with Gasteiger partial charge in [0, 0.05) is 25.9 Å². The van der Waals surface area contributed by atoms with Crippen LogP contribution >= 0.6 is 0 Å². The zero-order valence-electron chi connectivity index (χ0n) is 11.5. The number of nitrogens with zero attached hydrogens (tertiary/aromatic N) is 1. The molecular formula is C13H22N4O2. The van der Waals surface area contributed by atoms with E-state index in [0.29, 0.717) is 6.54 Å². The Hall–Kier alpha value is -1.40. The van der Waals surface area contributed by atoms with Crippen LogP contribution in [0.5, 0.6) is 0 Å². The summed E-state index contributed by atoms with van der Waals surface area (Å²) in [6.07, 6.45) is 4.61. The number of aromatic nitrogens is 2. The number of aromatic amines is 1. The lowest BCUT2D eigenvalue weighted by Crippen LogP contribution is -2.40. The molecule has 1 fully saturated rings. The number of rotatable bonds is 6. The predicted molar refractivity (Wildman–Crippen MR) is 71.9 cm³/mol. The van der Waals surface area contributed by atoms with Crippen molar-refractivity contribution in [1.29, 1.82) is 0 Å². The van der Waals surface area contributed by atoms with Crippen molar-refractivity contribution >= 4 is 5.91 Å². The molecule has 0 aliphatic carbocycles. The molecule has 106 valence electrons. The van der Waals surface area contributed by atoms with Gasteiger partial charge in [-0.15, -0.1) is 0 Å². The van der Waals surface area contributed by atoms with Crippen LogP contribution in [0.1, 0.15) is 24.1 Å². The van der Waals surface area contributed by atoms with E-state index in [4.69, 9.17) is 4.74 Å². The fourth-order valence-electron chi connectivity index (χ4n) is 2.32. The third-order valence-electron chi connectivity index (χ3n) is 3.60. The number of aryl methyl sites for hydroxylation is 2. The molecule has 1 aromatic rings. The molecule has 1 aliphatic heterocycles. The summed E-state index contributed by atoms with van der Waals surface area (Å²) in [5.41, 5.74) is 2.32. The van der Waals surface area contributed by atoms with Crippen molar-refractivity contribution in [2.75, 3.05) is 20.2 Å². The smallest absolute Gasteiger partial charge is 0.237 e. The molecule has 0 aromatic carbocycles. The second-order valence-corrected chi connectivity index (χ2v) is 4.97. The Morgan fingerprint density at radius 3 is 3.11 bits per heavy atom. The molecule has 6 heteroatoms. The highest BCUT2D eigenvalue weighted by atomic mass is 16.5. The highest BCUT2D eigenvalue weighted by Crippen LogP contribution is 2.09. The van der Waals surface area contributed by atoms with Crippen LogP contribution in [-0.2, 0) is 16.0 Å². The molecule has 3 N–H and O–H groups in total. The van der Waals surface area contributed by atoms with E-state index in [1.807, 2.05) is 13.1 Å². The van der Waals surface area contributed by atoms with E-state index in [9.17, 15) is 4.79 Å². The van der Waals surface area contributed by atoms with Gasteiger partial charge in [0.2, 0.25) is 5.91 Å². The van der Waals surface area contributed by atoms with Crippen molar-refractivity contribution in [2.45, 2.75) is 38.3 Å². The van der Waals surface area contributed by atoms with E-state index in [1.165, 1.54) is 5.56 Å². The molecule has 1 aliphatic rings. The number of amides is 1. The molecule has 0 radical (unpaired) electrons. The number of carbonyl (C=O) groups excluding carboxylic acids is 1. The fraction of sp³-hybridized carbons (Fsp3) is 0.692. The number of hydrogen-bond acceptors (Lipinski definition) is 4. The summed E-state index contributed by atoms with van der Waals surface area (Å²) < 4.78 is 5.23. The predicted octanol–water partition coefficient (Wildman–Crippen LogP) is 0.144. The Labute approximate surface area is 113 Å². The molecule has 2 rings (SSSR count). The molecule has 0 bridgehead atoms. The quantitative estimate of drug-likeness (QED) is 0.640. The first-order chi connectivity index (χ1) is 9.20. The van der Waals surface area contributed by atoms with Gasteiger partial charge < -0.3 is 15.4 Å². The second-order valence-electron chi connectivity index (χ2n) is 4.97. The van der Waals surface area contributed by atoms with E-state index in [1.54, 1.807) is 7.11 Å². The van der Waals surface area contributed by atoms with Crippen LogP contribution in [0.4, 0.5) is 0 Å². The number of carbonyl (C=O) groups is 1. The summed E-state index contributed by atoms with van der Waals surface area (Å²) in [6.45, 7) is 3.45. The van der Waals surface area contributed by atoms with Crippen LogP contribution in [0.2, 0.25) is 0 Å². The standard InChI is InChI=1S/C13H22N4O2/c1-9-10(7-16-17-9)4-3-5-14-13(18)12-6-11(19-2)8-15-12/h7,11-12,15H,3-6,8H2,1-2H3,(H,14,18)(H,16,17). The van der Waals surface area contributed by atoms with Crippen molar-refractivity contribution < 1.29 is 9.53 Å². The zero-order chi connectivity index (χ0) is 13.7. The summed E-state index contributed by atoms with van der Waals surface area (Å²) in [7, 11) is 1.68. The normalized spacial score (nSPS) is 22.6. The maximum Gasteiger partial charge on any atom is 0.237 e. The SMILES string of the molecule is COC1CNC(C(=O)NCCCc2cn[nH]c2C)C1. The maximum absolute atomic E-state index is 11.9. The van der Waals surface area contributed by atoms with Crippen LogP contribution in [0.25, 0.3) is 0 Å². The van der Waals surface area contributed by atoms with E-state index in [2.05, 4.69) is 20.8 Å². The Kier molecular flexibility index (Phi) is 4.93. The van der Waals surface area contributed by atoms with E-state index in [-0.39, 0.29) is 18.1 Å². The Balaban J connectivity index is 1.63. The van der Waals surface area contributed by atoms with Gasteiger partial charge in [0.1, 0.15) is 0 Å². The topological polar surface area (TPSA) is 79.0 Å². The molecule has 19 heavy (non-hydrogen) atoms. The van der Waals surface area contributed by atoms with Gasteiger partial charge in [-0.05, 0) is 31.7 Å². The van der Waals surface area contributed by atoms with Crippen LogP contribution in [0.3, 0.4) is 0 Å². The van der Waals surface area contributed by atoms with Crippen molar-refractivity contribution in [2.24, 2.45) is 0 Å². The Bertz CT molecular complexity index is 419. The second kappa shape index (κ2) is 6.68. The van der Waals surface area contributed by atoms with Gasteiger partial charge in [0.15, 0.2) is 0 Å². The van der Waals surface area contributed by atoms with Crippen molar-refractivity contribution in [3.8, 4) is 0 Å². The fourth-order valence-corrected chi connectivity index (χ4v) is 2.32. The van der Waals surface area contributed by atoms with Crippen LogP contribution < -0.4 is 10.6 Å². The summed E-state index contributed by atoms with van der Waals surface area (Å²) in [6, 6.07) is -0.111. The molecule has 2 unspecified atom stereocenters. The summed E-state index contributed by atoms with van der Waals surface area (Å²) in [4.78, 5) is 11.9. The number of ether oxygens (including phenoxy) is 1. The van der Waals surface area contributed by atoms with Gasteiger partial charge in [0.25, 0.3) is 0 Å². The number of methoxy groups -OCH3 is 1. The molecule has 1 aromatic heterocycles. The number of nitrogens with one attached hydrogen (secondary N) is 3. The van der Waals surface area contributed by atoms with Crippen LogP contribution in [0.15, 0.2) is 6.20 Å². The monoisotopic (exact) mass is 266 g/mol. The number of hydrogen-bond donors (Lipinski definition) is 3. The lowest BCUT2D eigenvalue weighted by molar-refractivity contribution is -0.122. The van der Waals surface area contributed by atoms with Crippen LogP contribution in [-0.4, -0.2) is 48.4 Å². The van der Waals surface area contributed by atoms with E-state index >= 15 is 0 Å². The van der Waals surface area contributed by atoms with Gasteiger partial charge in [-0.3, -0.25) is 9.89 Å². The molecule has 2 heterocycles. The van der Waals surface area contributed by atoms with E-state index in [0.717, 1.165) is 31.5 Å². The number of H-pyrrole nitrogens is 1.